The van der Waals surface area contributed by atoms with Gasteiger partial charge in [-0.15, -0.1) is 0 Å². The fraction of sp³-hybridized carbons (Fsp3) is 1.00. The number of thioether (sulfide) groups is 1. The average Bonchev–Trinajstić information content (AvgIpc) is 2.22. The molecular weight excluding hydrogens is 246 g/mol. The summed E-state index contributed by atoms with van der Waals surface area (Å²) in [5, 5.41) is 11.9. The number of aliphatic hydroxyl groups is 1. The Kier molecular flexibility index (Phi) is 6.72. The Balaban J connectivity index is 2.04. The van der Waals surface area contributed by atoms with Gasteiger partial charge in [-0.05, 0) is 25.0 Å². The van der Waals surface area contributed by atoms with Crippen molar-refractivity contribution >= 4 is 21.6 Å². The highest BCUT2D eigenvalue weighted by Crippen LogP contribution is 2.12. The van der Waals surface area contributed by atoms with Gasteiger partial charge in [-0.25, -0.2) is 8.42 Å². The molecule has 0 aliphatic carbocycles. The van der Waals surface area contributed by atoms with Crippen molar-refractivity contribution in [2.75, 3.05) is 36.2 Å². The van der Waals surface area contributed by atoms with E-state index in [9.17, 15) is 8.42 Å². The molecule has 0 radical (unpaired) electrons. The van der Waals surface area contributed by atoms with Crippen molar-refractivity contribution in [2.45, 2.75) is 25.3 Å². The summed E-state index contributed by atoms with van der Waals surface area (Å²) in [6.45, 7) is 1.11. The number of sulfone groups is 1. The van der Waals surface area contributed by atoms with Crippen molar-refractivity contribution in [3.8, 4) is 0 Å². The van der Waals surface area contributed by atoms with Crippen LogP contribution in [0.4, 0.5) is 0 Å². The van der Waals surface area contributed by atoms with Gasteiger partial charge in [0.05, 0.1) is 11.5 Å². The number of hydrogen-bond donors (Lipinski definition) is 2. The van der Waals surface area contributed by atoms with Crippen molar-refractivity contribution in [2.24, 2.45) is 0 Å². The van der Waals surface area contributed by atoms with Gasteiger partial charge in [0, 0.05) is 24.9 Å². The van der Waals surface area contributed by atoms with E-state index < -0.39 is 9.84 Å². The Morgan fingerprint density at radius 3 is 2.88 bits per heavy atom. The molecule has 0 saturated carbocycles. The van der Waals surface area contributed by atoms with Crippen molar-refractivity contribution in [1.29, 1.82) is 0 Å². The summed E-state index contributed by atoms with van der Waals surface area (Å²) in [6.07, 6.45) is 2.60. The zero-order chi connectivity index (χ0) is 11.9. The molecule has 0 aromatic heterocycles. The molecular formula is C10H21NO3S2. The summed E-state index contributed by atoms with van der Waals surface area (Å²) in [4.78, 5) is 0. The fourth-order valence-corrected chi connectivity index (χ4v) is 4.26. The van der Waals surface area contributed by atoms with E-state index in [-0.39, 0.29) is 12.6 Å². The zero-order valence-corrected chi connectivity index (χ0v) is 11.2. The van der Waals surface area contributed by atoms with Crippen LogP contribution in [0.2, 0.25) is 0 Å². The van der Waals surface area contributed by atoms with Crippen molar-refractivity contribution in [3.05, 3.63) is 0 Å². The molecule has 1 rings (SSSR count). The van der Waals surface area contributed by atoms with E-state index in [1.165, 1.54) is 0 Å². The Morgan fingerprint density at radius 1 is 1.38 bits per heavy atom. The molecule has 0 spiro atoms. The minimum absolute atomic E-state index is 0.150. The lowest BCUT2D eigenvalue weighted by molar-refractivity contribution is 0.296. The standard InChI is InChI=1S/C10H21NO3S2/c12-5-2-6-15-7-4-11-10-3-1-8-16(13,14)9-10/h10-12H,1-9H2. The lowest BCUT2D eigenvalue weighted by atomic mass is 10.2. The second kappa shape index (κ2) is 7.53. The highest BCUT2D eigenvalue weighted by atomic mass is 32.2. The second-order valence-electron chi connectivity index (χ2n) is 4.10. The molecule has 1 saturated heterocycles. The van der Waals surface area contributed by atoms with Crippen molar-refractivity contribution < 1.29 is 13.5 Å². The molecule has 0 aromatic carbocycles. The van der Waals surface area contributed by atoms with Crippen LogP contribution in [-0.2, 0) is 9.84 Å². The number of aliphatic hydroxyl groups excluding tert-OH is 1. The predicted molar refractivity (Wildman–Crippen MR) is 68.7 cm³/mol. The first-order chi connectivity index (χ1) is 7.64. The molecule has 1 fully saturated rings. The first kappa shape index (κ1) is 14.3. The van der Waals surface area contributed by atoms with Gasteiger partial charge in [-0.1, -0.05) is 0 Å². The van der Waals surface area contributed by atoms with Gasteiger partial charge in [0.25, 0.3) is 0 Å². The van der Waals surface area contributed by atoms with E-state index in [1.54, 1.807) is 11.8 Å². The summed E-state index contributed by atoms with van der Waals surface area (Å²) in [7, 11) is -2.79. The van der Waals surface area contributed by atoms with Crippen LogP contribution in [-0.4, -0.2) is 55.7 Å². The largest absolute Gasteiger partial charge is 0.396 e. The van der Waals surface area contributed by atoms with Gasteiger partial charge in [0.1, 0.15) is 0 Å². The molecule has 16 heavy (non-hydrogen) atoms. The molecule has 4 nitrogen and oxygen atoms in total. The van der Waals surface area contributed by atoms with Crippen LogP contribution >= 0.6 is 11.8 Å². The monoisotopic (exact) mass is 267 g/mol. The third kappa shape index (κ3) is 6.08. The summed E-state index contributed by atoms with van der Waals surface area (Å²) in [5.41, 5.74) is 0. The molecule has 2 N–H and O–H groups in total. The lowest BCUT2D eigenvalue weighted by Gasteiger charge is -2.22. The number of nitrogens with one attached hydrogen (secondary N) is 1. The summed E-state index contributed by atoms with van der Waals surface area (Å²) in [5.74, 6) is 2.61. The molecule has 0 bridgehead atoms. The zero-order valence-electron chi connectivity index (χ0n) is 9.52. The van der Waals surface area contributed by atoms with E-state index in [0.717, 1.165) is 37.3 Å². The van der Waals surface area contributed by atoms with Crippen molar-refractivity contribution in [3.63, 3.8) is 0 Å². The summed E-state index contributed by atoms with van der Waals surface area (Å²) < 4.78 is 22.7. The highest BCUT2D eigenvalue weighted by molar-refractivity contribution is 7.99. The van der Waals surface area contributed by atoms with Gasteiger partial charge in [-0.3, -0.25) is 0 Å². The Bertz CT molecular complexity index is 280. The number of rotatable bonds is 7. The molecule has 1 aliphatic heterocycles. The minimum Gasteiger partial charge on any atom is -0.396 e. The third-order valence-corrected chi connectivity index (χ3v) is 5.48. The van der Waals surface area contributed by atoms with Crippen molar-refractivity contribution in [1.82, 2.24) is 5.32 Å². The van der Waals surface area contributed by atoms with E-state index >= 15 is 0 Å². The molecule has 0 aromatic rings. The van der Waals surface area contributed by atoms with Crippen LogP contribution < -0.4 is 5.32 Å². The molecule has 1 heterocycles. The quantitative estimate of drug-likeness (QED) is 0.648. The first-order valence-electron chi connectivity index (χ1n) is 5.76. The molecule has 1 atom stereocenters. The first-order valence-corrected chi connectivity index (χ1v) is 8.74. The van der Waals surface area contributed by atoms with Gasteiger partial charge < -0.3 is 10.4 Å². The molecule has 1 aliphatic rings. The van der Waals surface area contributed by atoms with Gasteiger partial charge in [0.2, 0.25) is 0 Å². The normalized spacial score (nSPS) is 24.4. The van der Waals surface area contributed by atoms with Crippen LogP contribution in [0.25, 0.3) is 0 Å². The minimum atomic E-state index is -2.79. The Morgan fingerprint density at radius 2 is 2.19 bits per heavy atom. The maximum Gasteiger partial charge on any atom is 0.151 e. The smallest absolute Gasteiger partial charge is 0.151 e. The maximum absolute atomic E-state index is 11.4. The van der Waals surface area contributed by atoms with Gasteiger partial charge in [0.15, 0.2) is 9.84 Å². The third-order valence-electron chi connectivity index (χ3n) is 2.59. The van der Waals surface area contributed by atoms with Gasteiger partial charge in [-0.2, -0.15) is 11.8 Å². The summed E-state index contributed by atoms with van der Waals surface area (Å²) >= 11 is 1.79. The van der Waals surface area contributed by atoms with Crippen LogP contribution in [0.15, 0.2) is 0 Å². The predicted octanol–water partition coefficient (Wildman–Crippen LogP) is 0.269. The van der Waals surface area contributed by atoms with E-state index in [4.69, 9.17) is 5.11 Å². The van der Waals surface area contributed by atoms with E-state index in [1.807, 2.05) is 0 Å². The second-order valence-corrected chi connectivity index (χ2v) is 7.55. The summed E-state index contributed by atoms with van der Waals surface area (Å²) in [6, 6.07) is 0.150. The topological polar surface area (TPSA) is 66.4 Å². The lowest BCUT2D eigenvalue weighted by Crippen LogP contribution is -2.41. The van der Waals surface area contributed by atoms with Crippen LogP contribution in [0.5, 0.6) is 0 Å². The SMILES string of the molecule is O=S1(=O)CCCC(NCCSCCCO)C1. The molecule has 6 heteroatoms. The van der Waals surface area contributed by atoms with Gasteiger partial charge >= 0.3 is 0 Å². The van der Waals surface area contributed by atoms with Crippen LogP contribution in [0, 0.1) is 0 Å². The van der Waals surface area contributed by atoms with E-state index in [0.29, 0.717) is 11.5 Å². The maximum atomic E-state index is 11.4. The Labute approximate surface area is 102 Å². The molecule has 96 valence electrons. The highest BCUT2D eigenvalue weighted by Gasteiger charge is 2.23. The van der Waals surface area contributed by atoms with Crippen LogP contribution in [0.1, 0.15) is 19.3 Å². The van der Waals surface area contributed by atoms with E-state index in [2.05, 4.69) is 5.32 Å². The average molecular weight is 267 g/mol. The number of hydrogen-bond acceptors (Lipinski definition) is 5. The molecule has 1 unspecified atom stereocenters. The Hall–Kier alpha value is 0.220. The fourth-order valence-electron chi connectivity index (χ4n) is 1.79. The van der Waals surface area contributed by atoms with Crippen LogP contribution in [0.3, 0.4) is 0 Å². The molecule has 0 amide bonds.